The van der Waals surface area contributed by atoms with Crippen LogP contribution in [0.4, 0.5) is 0 Å². The molecule has 0 saturated carbocycles. The average molecular weight is 495 g/mol. The Labute approximate surface area is 210 Å². The zero-order valence-electron chi connectivity index (χ0n) is 19.8. The maximum atomic E-state index is 13.5. The van der Waals surface area contributed by atoms with Gasteiger partial charge < -0.3 is 4.52 Å². The quantitative estimate of drug-likeness (QED) is 0.292. The fraction of sp³-hybridized carbons (Fsp3) is 0.148. The number of fused-ring (bicyclic) bond motifs is 3. The Hall–Kier alpha value is -4.24. The molecule has 0 spiro atoms. The van der Waals surface area contributed by atoms with Crippen molar-refractivity contribution in [3.8, 4) is 17.1 Å². The van der Waals surface area contributed by atoms with Gasteiger partial charge in [-0.25, -0.2) is 4.57 Å². The van der Waals surface area contributed by atoms with Crippen LogP contribution in [0.3, 0.4) is 0 Å². The zero-order chi connectivity index (χ0) is 24.6. The van der Waals surface area contributed by atoms with Gasteiger partial charge in [-0.3, -0.25) is 9.20 Å². The van der Waals surface area contributed by atoms with E-state index in [4.69, 9.17) is 4.52 Å². The molecule has 0 aliphatic rings. The van der Waals surface area contributed by atoms with Crippen molar-refractivity contribution >= 4 is 28.4 Å². The Kier molecular flexibility index (Phi) is 5.61. The molecule has 0 saturated heterocycles. The lowest BCUT2D eigenvalue weighted by Crippen LogP contribution is -2.22. The summed E-state index contributed by atoms with van der Waals surface area (Å²) >= 11 is 1.43. The van der Waals surface area contributed by atoms with Gasteiger partial charge in [-0.05, 0) is 42.7 Å². The lowest BCUT2D eigenvalue weighted by atomic mass is 10.1. The monoisotopic (exact) mass is 494 g/mol. The summed E-state index contributed by atoms with van der Waals surface area (Å²) in [6.07, 6.45) is 0.979. The van der Waals surface area contributed by atoms with Gasteiger partial charge in [0, 0.05) is 5.56 Å². The molecule has 0 atom stereocenters. The SMILES string of the molecule is CCc1ccc(-c2noc(CSc3nnc4n(-c5ccccc5C)c(=O)c5ccccc5n34)n2)cc1. The molecule has 3 aromatic carbocycles. The van der Waals surface area contributed by atoms with Crippen molar-refractivity contribution in [2.24, 2.45) is 0 Å². The first-order chi connectivity index (χ1) is 17.6. The highest BCUT2D eigenvalue weighted by atomic mass is 32.2. The molecule has 0 unspecified atom stereocenters. The van der Waals surface area contributed by atoms with Crippen LogP contribution in [0.5, 0.6) is 0 Å². The molecule has 0 aliphatic heterocycles. The minimum Gasteiger partial charge on any atom is -0.338 e. The molecular weight excluding hydrogens is 472 g/mol. The third-order valence-electron chi connectivity index (χ3n) is 6.16. The molecular formula is C27H22N6O2S. The third-order valence-corrected chi connectivity index (χ3v) is 7.08. The molecule has 0 aliphatic carbocycles. The van der Waals surface area contributed by atoms with Crippen LogP contribution in [-0.2, 0) is 12.2 Å². The van der Waals surface area contributed by atoms with E-state index in [0.717, 1.165) is 28.8 Å². The number of benzene rings is 3. The summed E-state index contributed by atoms with van der Waals surface area (Å²) in [7, 11) is 0. The van der Waals surface area contributed by atoms with Gasteiger partial charge in [0.05, 0.1) is 22.3 Å². The third kappa shape index (κ3) is 3.77. The molecule has 36 heavy (non-hydrogen) atoms. The summed E-state index contributed by atoms with van der Waals surface area (Å²) in [6, 6.07) is 23.4. The van der Waals surface area contributed by atoms with Crippen LogP contribution in [0.1, 0.15) is 23.9 Å². The molecule has 9 heteroatoms. The van der Waals surface area contributed by atoms with E-state index in [2.05, 4.69) is 39.4 Å². The number of hydrogen-bond donors (Lipinski definition) is 0. The summed E-state index contributed by atoms with van der Waals surface area (Å²) in [4.78, 5) is 18.1. The van der Waals surface area contributed by atoms with Crippen LogP contribution < -0.4 is 5.56 Å². The summed E-state index contributed by atoms with van der Waals surface area (Å²) in [5.74, 6) is 1.91. The summed E-state index contributed by atoms with van der Waals surface area (Å²) in [5.41, 5.74) is 4.53. The number of hydrogen-bond acceptors (Lipinski definition) is 7. The number of aryl methyl sites for hydroxylation is 2. The standard InChI is InChI=1S/C27H22N6O2S/c1-3-18-12-14-19(15-13-18)24-28-23(35-31-24)16-36-27-30-29-26-32(21-10-6-4-8-17(21)2)25(34)20-9-5-7-11-22(20)33(26)27/h4-15H,3,16H2,1-2H3. The minimum absolute atomic E-state index is 0.132. The second-order valence-electron chi connectivity index (χ2n) is 8.41. The Balaban J connectivity index is 1.39. The maximum Gasteiger partial charge on any atom is 0.267 e. The predicted octanol–water partition coefficient (Wildman–Crippen LogP) is 5.25. The van der Waals surface area contributed by atoms with E-state index in [1.807, 2.05) is 72.0 Å². The molecule has 6 rings (SSSR count). The van der Waals surface area contributed by atoms with Crippen LogP contribution in [-0.4, -0.2) is 29.3 Å². The van der Waals surface area contributed by atoms with E-state index in [1.54, 1.807) is 4.57 Å². The van der Waals surface area contributed by atoms with Crippen molar-refractivity contribution in [3.05, 3.63) is 100 Å². The van der Waals surface area contributed by atoms with E-state index < -0.39 is 0 Å². The van der Waals surface area contributed by atoms with E-state index in [9.17, 15) is 4.79 Å². The van der Waals surface area contributed by atoms with Crippen LogP contribution in [0, 0.1) is 6.92 Å². The molecule has 3 heterocycles. The van der Waals surface area contributed by atoms with Gasteiger partial charge in [-0.1, -0.05) is 78.4 Å². The van der Waals surface area contributed by atoms with Gasteiger partial charge in [-0.2, -0.15) is 4.98 Å². The normalized spacial score (nSPS) is 11.5. The molecule has 0 amide bonds. The average Bonchev–Trinajstić information content (AvgIpc) is 3.56. The molecule has 0 radical (unpaired) electrons. The van der Waals surface area contributed by atoms with E-state index in [-0.39, 0.29) is 5.56 Å². The minimum atomic E-state index is -0.132. The first-order valence-corrected chi connectivity index (χ1v) is 12.6. The Morgan fingerprint density at radius 3 is 2.53 bits per heavy atom. The lowest BCUT2D eigenvalue weighted by molar-refractivity contribution is 0.391. The van der Waals surface area contributed by atoms with Gasteiger partial charge in [0.2, 0.25) is 17.5 Å². The van der Waals surface area contributed by atoms with Gasteiger partial charge in [0.25, 0.3) is 5.56 Å². The highest BCUT2D eigenvalue weighted by molar-refractivity contribution is 7.98. The van der Waals surface area contributed by atoms with Crippen molar-refractivity contribution in [2.45, 2.75) is 31.2 Å². The summed E-state index contributed by atoms with van der Waals surface area (Å²) in [6.45, 7) is 4.10. The number of aromatic nitrogens is 6. The Morgan fingerprint density at radius 2 is 1.72 bits per heavy atom. The van der Waals surface area contributed by atoms with E-state index in [0.29, 0.717) is 33.8 Å². The summed E-state index contributed by atoms with van der Waals surface area (Å²) in [5, 5.41) is 14.2. The number of thioether (sulfide) groups is 1. The van der Waals surface area contributed by atoms with Crippen molar-refractivity contribution in [2.75, 3.05) is 0 Å². The highest BCUT2D eigenvalue weighted by Gasteiger charge is 2.19. The first kappa shape index (κ1) is 22.2. The largest absolute Gasteiger partial charge is 0.338 e. The molecule has 0 fully saturated rings. The lowest BCUT2D eigenvalue weighted by Gasteiger charge is -2.13. The number of para-hydroxylation sites is 2. The zero-order valence-corrected chi connectivity index (χ0v) is 20.6. The molecule has 6 aromatic rings. The molecule has 3 aromatic heterocycles. The van der Waals surface area contributed by atoms with Crippen molar-refractivity contribution in [1.82, 2.24) is 29.3 Å². The van der Waals surface area contributed by atoms with E-state index in [1.165, 1.54) is 17.3 Å². The van der Waals surface area contributed by atoms with Crippen molar-refractivity contribution < 1.29 is 4.52 Å². The van der Waals surface area contributed by atoms with Gasteiger partial charge in [0.15, 0.2) is 5.16 Å². The topological polar surface area (TPSA) is 91.1 Å². The smallest absolute Gasteiger partial charge is 0.267 e. The summed E-state index contributed by atoms with van der Waals surface area (Å²) < 4.78 is 9.04. The van der Waals surface area contributed by atoms with Crippen LogP contribution in [0.25, 0.3) is 33.8 Å². The van der Waals surface area contributed by atoms with Gasteiger partial charge >= 0.3 is 0 Å². The fourth-order valence-electron chi connectivity index (χ4n) is 4.25. The van der Waals surface area contributed by atoms with Crippen LogP contribution in [0.2, 0.25) is 0 Å². The van der Waals surface area contributed by atoms with Crippen LogP contribution in [0.15, 0.2) is 87.3 Å². The molecule has 178 valence electrons. The van der Waals surface area contributed by atoms with Crippen molar-refractivity contribution in [3.63, 3.8) is 0 Å². The van der Waals surface area contributed by atoms with Crippen molar-refractivity contribution in [1.29, 1.82) is 0 Å². The Morgan fingerprint density at radius 1 is 0.944 bits per heavy atom. The molecule has 8 nitrogen and oxygen atoms in total. The molecule has 0 N–H and O–H groups in total. The second kappa shape index (κ2) is 9.09. The van der Waals surface area contributed by atoms with Gasteiger partial charge in [0.1, 0.15) is 0 Å². The first-order valence-electron chi connectivity index (χ1n) is 11.6. The number of rotatable bonds is 6. The van der Waals surface area contributed by atoms with Crippen LogP contribution >= 0.6 is 11.8 Å². The predicted molar refractivity (Wildman–Crippen MR) is 139 cm³/mol. The maximum absolute atomic E-state index is 13.5. The molecule has 0 bridgehead atoms. The van der Waals surface area contributed by atoms with E-state index >= 15 is 0 Å². The Bertz CT molecular complexity index is 1770. The number of nitrogens with zero attached hydrogens (tertiary/aromatic N) is 6. The fourth-order valence-corrected chi connectivity index (χ4v) is 5.03. The second-order valence-corrected chi connectivity index (χ2v) is 9.36. The van der Waals surface area contributed by atoms with Gasteiger partial charge in [-0.15, -0.1) is 10.2 Å². The highest BCUT2D eigenvalue weighted by Crippen LogP contribution is 2.27.